The molecule has 1 aromatic carbocycles. The van der Waals surface area contributed by atoms with Crippen LogP contribution in [0.15, 0.2) is 48.8 Å². The van der Waals surface area contributed by atoms with Crippen LogP contribution in [0.5, 0.6) is 0 Å². The van der Waals surface area contributed by atoms with E-state index in [-0.39, 0.29) is 18.4 Å². The lowest BCUT2D eigenvalue weighted by molar-refractivity contribution is -0.133. The summed E-state index contributed by atoms with van der Waals surface area (Å²) >= 11 is 0. The molecule has 2 heterocycles. The Morgan fingerprint density at radius 1 is 1.17 bits per heavy atom. The van der Waals surface area contributed by atoms with Gasteiger partial charge < -0.3 is 16.0 Å². The molecule has 1 aromatic heterocycles. The number of nitrogens with one attached hydrogen (secondary N) is 3. The molecule has 1 fully saturated rings. The van der Waals surface area contributed by atoms with Crippen LogP contribution in [0.25, 0.3) is 0 Å². The Balaban J connectivity index is 1.63. The highest BCUT2D eigenvalue weighted by atomic mass is 16.2. The number of aromatic nitrogens is 2. The summed E-state index contributed by atoms with van der Waals surface area (Å²) < 4.78 is 1.71. The van der Waals surface area contributed by atoms with Crippen LogP contribution in [0.3, 0.4) is 0 Å². The van der Waals surface area contributed by atoms with Gasteiger partial charge in [0.25, 0.3) is 0 Å². The summed E-state index contributed by atoms with van der Waals surface area (Å²) in [5.41, 5.74) is -0.0256. The van der Waals surface area contributed by atoms with Crippen LogP contribution in [0.2, 0.25) is 0 Å². The van der Waals surface area contributed by atoms with Crippen LogP contribution in [0.4, 0.5) is 5.69 Å². The van der Waals surface area contributed by atoms with Gasteiger partial charge in [0.2, 0.25) is 11.8 Å². The van der Waals surface area contributed by atoms with Crippen molar-refractivity contribution in [2.24, 2.45) is 0 Å². The highest BCUT2D eigenvalue weighted by molar-refractivity contribution is 5.95. The summed E-state index contributed by atoms with van der Waals surface area (Å²) in [4.78, 5) is 24.8. The fourth-order valence-electron chi connectivity index (χ4n) is 2.97. The van der Waals surface area contributed by atoms with E-state index in [0.29, 0.717) is 18.5 Å². The third-order valence-electron chi connectivity index (χ3n) is 4.26. The number of amides is 2. The van der Waals surface area contributed by atoms with Gasteiger partial charge in [-0.15, -0.1) is 0 Å². The van der Waals surface area contributed by atoms with E-state index in [1.54, 1.807) is 35.3 Å². The van der Waals surface area contributed by atoms with Crippen molar-refractivity contribution >= 4 is 17.5 Å². The minimum Gasteiger partial charge on any atom is -0.345 e. The maximum Gasteiger partial charge on any atom is 0.248 e. The van der Waals surface area contributed by atoms with Gasteiger partial charge in [0, 0.05) is 18.1 Å². The Labute approximate surface area is 140 Å². The zero-order valence-corrected chi connectivity index (χ0v) is 13.4. The zero-order valence-electron chi connectivity index (χ0n) is 13.4. The predicted molar refractivity (Wildman–Crippen MR) is 90.4 cm³/mol. The van der Waals surface area contributed by atoms with Gasteiger partial charge in [-0.3, -0.25) is 14.3 Å². The summed E-state index contributed by atoms with van der Waals surface area (Å²) in [5.74, 6) is -0.421. The minimum atomic E-state index is -0.734. The van der Waals surface area contributed by atoms with Crippen LogP contribution in [0.1, 0.15) is 12.8 Å². The Morgan fingerprint density at radius 2 is 1.92 bits per heavy atom. The second-order valence-electron chi connectivity index (χ2n) is 5.83. The first kappa shape index (κ1) is 16.2. The largest absolute Gasteiger partial charge is 0.345 e. The molecule has 0 bridgehead atoms. The normalized spacial score (nSPS) is 16.3. The second kappa shape index (κ2) is 7.27. The second-order valence-corrected chi connectivity index (χ2v) is 5.83. The fraction of sp³-hybridized carbons (Fsp3) is 0.353. The van der Waals surface area contributed by atoms with Gasteiger partial charge in [0.05, 0.1) is 6.54 Å². The molecule has 3 rings (SSSR count). The minimum absolute atomic E-state index is 0.0653. The summed E-state index contributed by atoms with van der Waals surface area (Å²) in [7, 11) is 0. The van der Waals surface area contributed by atoms with Gasteiger partial charge in [-0.1, -0.05) is 18.2 Å². The number of carbonyl (C=O) groups is 2. The molecule has 2 amide bonds. The van der Waals surface area contributed by atoms with E-state index in [9.17, 15) is 9.59 Å². The number of hydrogen-bond donors (Lipinski definition) is 3. The first-order valence-corrected chi connectivity index (χ1v) is 8.05. The SMILES string of the molecule is O=C(CNC(=O)C1(n2cccn2)CCNCC1)Nc1ccccc1. The van der Waals surface area contributed by atoms with Crippen LogP contribution < -0.4 is 16.0 Å². The molecule has 1 aliphatic rings. The molecule has 24 heavy (non-hydrogen) atoms. The van der Waals surface area contributed by atoms with Crippen molar-refractivity contribution in [1.29, 1.82) is 0 Å². The summed E-state index contributed by atoms with van der Waals surface area (Å²) in [5, 5.41) is 13.0. The van der Waals surface area contributed by atoms with Crippen LogP contribution in [-0.4, -0.2) is 41.2 Å². The van der Waals surface area contributed by atoms with Crippen molar-refractivity contribution in [2.75, 3.05) is 25.0 Å². The standard InChI is InChI=1S/C17H21N5O2/c23-15(21-14-5-2-1-3-6-14)13-19-16(24)17(7-10-18-11-8-17)22-12-4-9-20-22/h1-6,9,12,18H,7-8,10-11,13H2,(H,19,24)(H,21,23). The molecule has 7 heteroatoms. The number of carbonyl (C=O) groups excluding carboxylic acids is 2. The zero-order chi connectivity index (χ0) is 16.8. The van der Waals surface area contributed by atoms with Gasteiger partial charge in [-0.25, -0.2) is 0 Å². The van der Waals surface area contributed by atoms with Crippen molar-refractivity contribution in [3.8, 4) is 0 Å². The summed E-state index contributed by atoms with van der Waals surface area (Å²) in [6.45, 7) is 1.41. The van der Waals surface area contributed by atoms with Gasteiger partial charge in [-0.2, -0.15) is 5.10 Å². The molecule has 0 aliphatic carbocycles. The predicted octanol–water partition coefficient (Wildman–Crippen LogP) is 0.717. The molecule has 0 radical (unpaired) electrons. The molecule has 2 aromatic rings. The maximum atomic E-state index is 12.8. The van der Waals surface area contributed by atoms with E-state index in [2.05, 4.69) is 21.0 Å². The molecule has 1 aliphatic heterocycles. The first-order chi connectivity index (χ1) is 11.7. The van der Waals surface area contributed by atoms with E-state index in [0.717, 1.165) is 13.1 Å². The van der Waals surface area contributed by atoms with Crippen molar-refractivity contribution < 1.29 is 9.59 Å². The summed E-state index contributed by atoms with van der Waals surface area (Å²) in [6.07, 6.45) is 4.75. The monoisotopic (exact) mass is 327 g/mol. The Hall–Kier alpha value is -2.67. The molecular weight excluding hydrogens is 306 g/mol. The molecule has 7 nitrogen and oxygen atoms in total. The molecular formula is C17H21N5O2. The van der Waals surface area contributed by atoms with Crippen LogP contribution in [0, 0.1) is 0 Å². The summed E-state index contributed by atoms with van der Waals surface area (Å²) in [6, 6.07) is 11.0. The number of piperidine rings is 1. The highest BCUT2D eigenvalue weighted by Crippen LogP contribution is 2.27. The van der Waals surface area contributed by atoms with Crippen LogP contribution >= 0.6 is 0 Å². The maximum absolute atomic E-state index is 12.8. The molecule has 3 N–H and O–H groups in total. The first-order valence-electron chi connectivity index (χ1n) is 8.05. The number of anilines is 1. The number of rotatable bonds is 5. The van der Waals surface area contributed by atoms with Gasteiger partial charge >= 0.3 is 0 Å². The molecule has 0 atom stereocenters. The fourth-order valence-corrected chi connectivity index (χ4v) is 2.97. The molecule has 0 unspecified atom stereocenters. The molecule has 0 spiro atoms. The van der Waals surface area contributed by atoms with E-state index in [1.807, 2.05) is 18.2 Å². The van der Waals surface area contributed by atoms with Gasteiger partial charge in [0.15, 0.2) is 0 Å². The highest BCUT2D eigenvalue weighted by Gasteiger charge is 2.41. The topological polar surface area (TPSA) is 88.0 Å². The van der Waals surface area contributed by atoms with E-state index < -0.39 is 5.54 Å². The van der Waals surface area contributed by atoms with Crippen molar-refractivity contribution in [3.63, 3.8) is 0 Å². The van der Waals surface area contributed by atoms with Crippen molar-refractivity contribution in [1.82, 2.24) is 20.4 Å². The smallest absolute Gasteiger partial charge is 0.248 e. The quantitative estimate of drug-likeness (QED) is 0.755. The lowest BCUT2D eigenvalue weighted by Crippen LogP contribution is -2.55. The molecule has 0 saturated carbocycles. The van der Waals surface area contributed by atoms with Gasteiger partial charge in [0.1, 0.15) is 5.54 Å². The van der Waals surface area contributed by atoms with Crippen LogP contribution in [-0.2, 0) is 15.1 Å². The van der Waals surface area contributed by atoms with Crippen molar-refractivity contribution in [2.45, 2.75) is 18.4 Å². The van der Waals surface area contributed by atoms with E-state index in [1.165, 1.54) is 0 Å². The third kappa shape index (κ3) is 3.46. The number of para-hydroxylation sites is 1. The van der Waals surface area contributed by atoms with E-state index >= 15 is 0 Å². The number of nitrogens with zero attached hydrogens (tertiary/aromatic N) is 2. The Morgan fingerprint density at radius 3 is 2.58 bits per heavy atom. The van der Waals surface area contributed by atoms with E-state index in [4.69, 9.17) is 0 Å². The number of benzene rings is 1. The Bertz CT molecular complexity index is 678. The molecule has 126 valence electrons. The molecule has 1 saturated heterocycles. The Kier molecular flexibility index (Phi) is 4.90. The average molecular weight is 327 g/mol. The lowest BCUT2D eigenvalue weighted by Gasteiger charge is -2.36. The lowest BCUT2D eigenvalue weighted by atomic mass is 9.87. The third-order valence-corrected chi connectivity index (χ3v) is 4.26. The number of hydrogen-bond acceptors (Lipinski definition) is 4. The van der Waals surface area contributed by atoms with Crippen molar-refractivity contribution in [3.05, 3.63) is 48.8 Å². The average Bonchev–Trinajstić information content (AvgIpc) is 3.16. The van der Waals surface area contributed by atoms with Gasteiger partial charge in [-0.05, 0) is 44.1 Å².